The van der Waals surface area contributed by atoms with E-state index in [-0.39, 0.29) is 46.5 Å². The van der Waals surface area contributed by atoms with Gasteiger partial charge in [-0.25, -0.2) is 4.79 Å². The molecule has 0 bridgehead atoms. The number of ether oxygens (including phenoxy) is 5. The molecular weight excluding hydrogens is 456 g/mol. The van der Waals surface area contributed by atoms with Crippen LogP contribution in [0, 0.1) is 0 Å². The van der Waals surface area contributed by atoms with Crippen molar-refractivity contribution in [2.75, 3.05) is 20.8 Å². The monoisotopic (exact) mass is 482 g/mol. The van der Waals surface area contributed by atoms with Crippen molar-refractivity contribution in [2.24, 2.45) is 0 Å². The summed E-state index contributed by atoms with van der Waals surface area (Å²) in [5.74, 6) is -1.52. The third-order valence-corrected chi connectivity index (χ3v) is 5.23. The second-order valence-corrected chi connectivity index (χ2v) is 7.38. The van der Waals surface area contributed by atoms with Gasteiger partial charge >= 0.3 is 5.97 Å². The lowest BCUT2D eigenvalue weighted by Gasteiger charge is -2.39. The molecule has 0 amide bonds. The van der Waals surface area contributed by atoms with Crippen LogP contribution in [0.1, 0.15) is 15.9 Å². The smallest absolute Gasteiger partial charge is 0.346 e. The van der Waals surface area contributed by atoms with Crippen molar-refractivity contribution in [1.82, 2.24) is 0 Å². The number of phenolic OH excluding ortho intramolecular Hbond substituents is 2. The van der Waals surface area contributed by atoms with Gasteiger partial charge < -0.3 is 54.3 Å². The normalized spacial score (nSPS) is 24.4. The highest BCUT2D eigenvalue weighted by Crippen LogP contribution is 2.37. The average molecular weight is 482 g/mol. The van der Waals surface area contributed by atoms with E-state index in [1.165, 1.54) is 44.6 Å². The van der Waals surface area contributed by atoms with Crippen molar-refractivity contribution >= 4 is 5.97 Å². The Bertz CT molecular complexity index is 1010. The zero-order valence-corrected chi connectivity index (χ0v) is 18.3. The lowest BCUT2D eigenvalue weighted by atomic mass is 9.99. The average Bonchev–Trinajstić information content (AvgIpc) is 2.83. The minimum Gasteiger partial charge on any atom is -0.508 e. The summed E-state index contributed by atoms with van der Waals surface area (Å²) >= 11 is 0. The van der Waals surface area contributed by atoms with Gasteiger partial charge in [-0.3, -0.25) is 0 Å². The lowest BCUT2D eigenvalue weighted by Crippen LogP contribution is -2.60. The quantitative estimate of drug-likeness (QED) is 0.269. The highest BCUT2D eigenvalue weighted by atomic mass is 16.7. The number of hydrogen-bond acceptors (Lipinski definition) is 12. The summed E-state index contributed by atoms with van der Waals surface area (Å²) in [4.78, 5) is 12.8. The predicted octanol–water partition coefficient (Wildman–Crippen LogP) is -0.349. The number of esters is 1. The summed E-state index contributed by atoms with van der Waals surface area (Å²) in [7, 11) is 2.59. The van der Waals surface area contributed by atoms with Gasteiger partial charge in [0.2, 0.25) is 6.29 Å². The number of aromatic hydroxyl groups is 2. The highest BCUT2D eigenvalue weighted by molar-refractivity contribution is 5.96. The molecule has 0 aliphatic carbocycles. The van der Waals surface area contributed by atoms with Crippen LogP contribution in [-0.2, 0) is 16.1 Å². The van der Waals surface area contributed by atoms with Crippen molar-refractivity contribution in [1.29, 1.82) is 0 Å². The Morgan fingerprint density at radius 3 is 2.35 bits per heavy atom. The molecule has 12 heteroatoms. The van der Waals surface area contributed by atoms with Crippen LogP contribution in [0.4, 0.5) is 0 Å². The molecule has 2 aromatic rings. The van der Waals surface area contributed by atoms with Crippen LogP contribution in [-0.4, -0.2) is 88.1 Å². The topological polar surface area (TPSA) is 185 Å². The first-order chi connectivity index (χ1) is 16.2. The van der Waals surface area contributed by atoms with Crippen LogP contribution in [0.5, 0.6) is 28.7 Å². The fourth-order valence-corrected chi connectivity index (χ4v) is 3.40. The van der Waals surface area contributed by atoms with E-state index in [9.17, 15) is 35.4 Å². The second kappa shape index (κ2) is 10.8. The first-order valence-electron chi connectivity index (χ1n) is 10.1. The van der Waals surface area contributed by atoms with Gasteiger partial charge in [0.25, 0.3) is 0 Å². The maximum absolute atomic E-state index is 12.8. The Morgan fingerprint density at radius 2 is 1.71 bits per heavy atom. The van der Waals surface area contributed by atoms with Crippen LogP contribution in [0.2, 0.25) is 0 Å². The van der Waals surface area contributed by atoms with Crippen LogP contribution >= 0.6 is 0 Å². The summed E-state index contributed by atoms with van der Waals surface area (Å²) in [6.45, 7) is -1.03. The Labute approximate surface area is 194 Å². The van der Waals surface area contributed by atoms with Crippen molar-refractivity contribution in [3.63, 3.8) is 0 Å². The van der Waals surface area contributed by atoms with Crippen LogP contribution in [0.3, 0.4) is 0 Å². The van der Waals surface area contributed by atoms with Gasteiger partial charge in [0.15, 0.2) is 11.5 Å². The molecule has 186 valence electrons. The van der Waals surface area contributed by atoms with Gasteiger partial charge in [0, 0.05) is 11.6 Å². The molecule has 1 heterocycles. The number of benzene rings is 2. The maximum Gasteiger partial charge on any atom is 0.346 e. The highest BCUT2D eigenvalue weighted by Gasteiger charge is 2.45. The molecule has 6 N–H and O–H groups in total. The number of carbonyl (C=O) groups is 1. The van der Waals surface area contributed by atoms with E-state index < -0.39 is 43.3 Å². The van der Waals surface area contributed by atoms with E-state index in [1.54, 1.807) is 0 Å². The van der Waals surface area contributed by atoms with Crippen molar-refractivity contribution < 1.29 is 59.1 Å². The number of aliphatic hydroxyl groups excluding tert-OH is 4. The van der Waals surface area contributed by atoms with Gasteiger partial charge in [0.05, 0.1) is 20.8 Å². The third-order valence-electron chi connectivity index (χ3n) is 5.23. The van der Waals surface area contributed by atoms with E-state index in [1.807, 2.05) is 0 Å². The Morgan fingerprint density at radius 1 is 0.971 bits per heavy atom. The molecule has 1 aliphatic heterocycles. The molecule has 1 aliphatic rings. The molecule has 0 aromatic heterocycles. The second-order valence-electron chi connectivity index (χ2n) is 7.38. The minimum absolute atomic E-state index is 0.0630. The Kier molecular flexibility index (Phi) is 8.02. The summed E-state index contributed by atoms with van der Waals surface area (Å²) in [6, 6.07) is 6.52. The fraction of sp³-hybridized carbons (Fsp3) is 0.409. The molecule has 0 radical (unpaired) electrons. The standard InChI is InChI=1S/C22H26O12/c1-30-13-6-5-12(25)20(31-2)16(13)21(29)32-9-10-3-4-11(24)7-14(10)33-22-19(28)18(27)17(26)15(8-23)34-22/h3-7,15,17-19,22-28H,8-9H2,1-2H3/t15-,17-,18+,19-,22-/m1/s1. The molecule has 5 atom stereocenters. The third kappa shape index (κ3) is 5.11. The summed E-state index contributed by atoms with van der Waals surface area (Å²) < 4.78 is 26.5. The van der Waals surface area contributed by atoms with E-state index in [4.69, 9.17) is 23.7 Å². The Balaban J connectivity index is 1.82. The van der Waals surface area contributed by atoms with Crippen LogP contribution in [0.25, 0.3) is 0 Å². The number of carbonyl (C=O) groups excluding carboxylic acids is 1. The SMILES string of the molecule is COc1ccc(O)c(OC)c1C(=O)OCc1ccc(O)cc1O[C@@H]1O[C@H](CO)[C@@H](O)[C@H](O)[C@H]1O. The first-order valence-corrected chi connectivity index (χ1v) is 10.1. The Hall–Kier alpha value is -3.29. The van der Waals surface area contributed by atoms with Gasteiger partial charge in [-0.1, -0.05) is 0 Å². The molecule has 1 fully saturated rings. The molecule has 2 aromatic carbocycles. The van der Waals surface area contributed by atoms with E-state index in [2.05, 4.69) is 0 Å². The van der Waals surface area contributed by atoms with E-state index >= 15 is 0 Å². The molecule has 0 unspecified atom stereocenters. The van der Waals surface area contributed by atoms with Crippen molar-refractivity contribution in [3.05, 3.63) is 41.5 Å². The molecular formula is C22H26O12. The maximum atomic E-state index is 12.8. The van der Waals surface area contributed by atoms with E-state index in [0.29, 0.717) is 0 Å². The molecule has 12 nitrogen and oxygen atoms in total. The number of phenols is 2. The van der Waals surface area contributed by atoms with E-state index in [0.717, 1.165) is 0 Å². The van der Waals surface area contributed by atoms with Gasteiger partial charge in [-0.2, -0.15) is 0 Å². The lowest BCUT2D eigenvalue weighted by molar-refractivity contribution is -0.277. The summed E-state index contributed by atoms with van der Waals surface area (Å²) in [6.07, 6.45) is -7.64. The first kappa shape index (κ1) is 25.3. The molecule has 1 saturated heterocycles. The van der Waals surface area contributed by atoms with Crippen molar-refractivity contribution in [3.8, 4) is 28.7 Å². The molecule has 0 saturated carbocycles. The van der Waals surface area contributed by atoms with Crippen LogP contribution < -0.4 is 14.2 Å². The number of methoxy groups -OCH3 is 2. The molecule has 34 heavy (non-hydrogen) atoms. The summed E-state index contributed by atoms with van der Waals surface area (Å²) in [5, 5.41) is 59.3. The zero-order valence-electron chi connectivity index (χ0n) is 18.3. The van der Waals surface area contributed by atoms with Gasteiger partial charge in [-0.05, 0) is 24.3 Å². The predicted molar refractivity (Wildman–Crippen MR) is 113 cm³/mol. The molecule has 0 spiro atoms. The van der Waals surface area contributed by atoms with Crippen molar-refractivity contribution in [2.45, 2.75) is 37.3 Å². The number of rotatable bonds is 8. The largest absolute Gasteiger partial charge is 0.508 e. The number of aliphatic hydroxyl groups is 4. The van der Waals surface area contributed by atoms with Crippen LogP contribution in [0.15, 0.2) is 30.3 Å². The van der Waals surface area contributed by atoms with Gasteiger partial charge in [0.1, 0.15) is 53.8 Å². The fourth-order valence-electron chi connectivity index (χ4n) is 3.40. The van der Waals surface area contributed by atoms with Gasteiger partial charge in [-0.15, -0.1) is 0 Å². The zero-order chi connectivity index (χ0) is 25.0. The summed E-state index contributed by atoms with van der Waals surface area (Å²) in [5.41, 5.74) is 0.0846. The molecule has 3 rings (SSSR count). The number of hydrogen-bond donors (Lipinski definition) is 6. The minimum atomic E-state index is -1.68.